The van der Waals surface area contributed by atoms with Crippen LogP contribution in [0.2, 0.25) is 0 Å². The number of aliphatic hydroxyl groups excluding tert-OH is 1. The Kier molecular flexibility index (Phi) is 4.61. The van der Waals surface area contributed by atoms with Crippen LogP contribution in [0.3, 0.4) is 0 Å². The van der Waals surface area contributed by atoms with Crippen LogP contribution >= 0.6 is 11.3 Å². The van der Waals surface area contributed by atoms with E-state index in [9.17, 15) is 4.79 Å². The number of imidazole rings is 1. The van der Waals surface area contributed by atoms with Crippen molar-refractivity contribution in [2.24, 2.45) is 0 Å². The number of aryl methyl sites for hydroxylation is 1. The molecule has 0 spiro atoms. The van der Waals surface area contributed by atoms with E-state index in [0.29, 0.717) is 6.54 Å². The van der Waals surface area contributed by atoms with Gasteiger partial charge in [-0.25, -0.2) is 4.79 Å². The van der Waals surface area contributed by atoms with Gasteiger partial charge in [0.05, 0.1) is 6.54 Å². The van der Waals surface area contributed by atoms with Crippen molar-refractivity contribution >= 4 is 11.3 Å². The number of hydrogen-bond acceptors (Lipinski definition) is 3. The molecule has 0 bridgehead atoms. The molecule has 0 aromatic carbocycles. The second-order valence-electron chi connectivity index (χ2n) is 4.12. The second kappa shape index (κ2) is 6.41. The van der Waals surface area contributed by atoms with E-state index in [4.69, 9.17) is 5.11 Å². The van der Waals surface area contributed by atoms with Crippen LogP contribution in [0.4, 0.5) is 0 Å². The van der Waals surface area contributed by atoms with E-state index in [1.165, 1.54) is 0 Å². The van der Waals surface area contributed by atoms with E-state index >= 15 is 0 Å². The summed E-state index contributed by atoms with van der Waals surface area (Å²) in [5.41, 5.74) is 0.894. The van der Waals surface area contributed by atoms with E-state index in [2.05, 4.69) is 11.8 Å². The Labute approximate surface area is 115 Å². The topological polar surface area (TPSA) is 47.2 Å². The monoisotopic (exact) mass is 276 g/mol. The summed E-state index contributed by atoms with van der Waals surface area (Å²) in [6.07, 6.45) is 4.57. The third-order valence-electron chi connectivity index (χ3n) is 2.74. The minimum Gasteiger partial charge on any atom is -0.384 e. The first-order valence-electron chi connectivity index (χ1n) is 6.18. The molecule has 0 fully saturated rings. The quantitative estimate of drug-likeness (QED) is 0.861. The summed E-state index contributed by atoms with van der Waals surface area (Å²) < 4.78 is 3.40. The van der Waals surface area contributed by atoms with Crippen LogP contribution in [0.25, 0.3) is 0 Å². The SMILES string of the molecule is CCCn1ccn(Cc2sccc2C#CCO)c1=O. The zero-order chi connectivity index (χ0) is 13.7. The average molecular weight is 276 g/mol. The number of hydrogen-bond donors (Lipinski definition) is 1. The maximum Gasteiger partial charge on any atom is 0.328 e. The van der Waals surface area contributed by atoms with Crippen LogP contribution in [-0.4, -0.2) is 20.8 Å². The van der Waals surface area contributed by atoms with Crippen molar-refractivity contribution in [3.63, 3.8) is 0 Å². The molecular formula is C14H16N2O2S. The first-order chi connectivity index (χ1) is 9.26. The lowest BCUT2D eigenvalue weighted by Crippen LogP contribution is -2.24. The molecular weight excluding hydrogens is 260 g/mol. The molecule has 100 valence electrons. The molecule has 0 saturated heterocycles. The maximum absolute atomic E-state index is 12.1. The molecule has 0 aliphatic carbocycles. The van der Waals surface area contributed by atoms with Gasteiger partial charge >= 0.3 is 5.69 Å². The van der Waals surface area contributed by atoms with Crippen molar-refractivity contribution in [3.8, 4) is 11.8 Å². The molecule has 0 amide bonds. The van der Waals surface area contributed by atoms with E-state index < -0.39 is 0 Å². The molecule has 0 unspecified atom stereocenters. The summed E-state index contributed by atoms with van der Waals surface area (Å²) in [7, 11) is 0. The molecule has 2 aromatic heterocycles. The van der Waals surface area contributed by atoms with Crippen molar-refractivity contribution in [1.29, 1.82) is 0 Å². The van der Waals surface area contributed by atoms with Gasteiger partial charge in [-0.05, 0) is 17.9 Å². The second-order valence-corrected chi connectivity index (χ2v) is 5.12. The zero-order valence-electron chi connectivity index (χ0n) is 10.8. The Hall–Kier alpha value is -1.77. The van der Waals surface area contributed by atoms with Crippen molar-refractivity contribution in [3.05, 3.63) is 44.8 Å². The number of thiophene rings is 1. The standard InChI is InChI=1S/C14H16N2O2S/c1-2-6-15-7-8-16(14(15)18)11-13-12(4-3-9-17)5-10-19-13/h5,7-8,10,17H,2,6,9,11H2,1H3. The highest BCUT2D eigenvalue weighted by Crippen LogP contribution is 2.16. The number of aromatic nitrogens is 2. The van der Waals surface area contributed by atoms with Crippen LogP contribution in [0.15, 0.2) is 28.6 Å². The molecule has 2 aromatic rings. The van der Waals surface area contributed by atoms with Crippen LogP contribution in [-0.2, 0) is 13.1 Å². The summed E-state index contributed by atoms with van der Waals surface area (Å²) in [6, 6.07) is 1.91. The molecule has 5 heteroatoms. The third-order valence-corrected chi connectivity index (χ3v) is 3.65. The fourth-order valence-electron chi connectivity index (χ4n) is 1.85. The first-order valence-corrected chi connectivity index (χ1v) is 7.06. The van der Waals surface area contributed by atoms with Gasteiger partial charge in [0.2, 0.25) is 0 Å². The van der Waals surface area contributed by atoms with Crippen LogP contribution in [0.1, 0.15) is 23.8 Å². The normalized spacial score (nSPS) is 10.2. The highest BCUT2D eigenvalue weighted by atomic mass is 32.1. The Morgan fingerprint density at radius 1 is 1.37 bits per heavy atom. The summed E-state index contributed by atoms with van der Waals surface area (Å²) in [5, 5.41) is 10.7. The highest BCUT2D eigenvalue weighted by molar-refractivity contribution is 7.10. The summed E-state index contributed by atoms with van der Waals surface area (Å²) in [6.45, 7) is 3.17. The van der Waals surface area contributed by atoms with Crippen molar-refractivity contribution in [2.75, 3.05) is 6.61 Å². The molecule has 0 aliphatic heterocycles. The van der Waals surface area contributed by atoms with Gasteiger partial charge in [-0.15, -0.1) is 11.3 Å². The van der Waals surface area contributed by atoms with Crippen molar-refractivity contribution in [1.82, 2.24) is 9.13 Å². The van der Waals surface area contributed by atoms with E-state index in [1.54, 1.807) is 26.7 Å². The van der Waals surface area contributed by atoms with Gasteiger partial charge in [-0.3, -0.25) is 9.13 Å². The van der Waals surface area contributed by atoms with Crippen LogP contribution in [0.5, 0.6) is 0 Å². The average Bonchev–Trinajstić information content (AvgIpc) is 2.98. The first kappa shape index (κ1) is 13.7. The fraction of sp³-hybridized carbons (Fsp3) is 0.357. The lowest BCUT2D eigenvalue weighted by Gasteiger charge is -2.00. The fourth-order valence-corrected chi connectivity index (χ4v) is 2.68. The summed E-state index contributed by atoms with van der Waals surface area (Å²) >= 11 is 1.57. The largest absolute Gasteiger partial charge is 0.384 e. The molecule has 19 heavy (non-hydrogen) atoms. The van der Waals surface area contributed by atoms with Crippen molar-refractivity contribution < 1.29 is 5.11 Å². The van der Waals surface area contributed by atoms with Gasteiger partial charge in [0.25, 0.3) is 0 Å². The van der Waals surface area contributed by atoms with Gasteiger partial charge in [-0.1, -0.05) is 18.8 Å². The molecule has 0 aliphatic rings. The predicted octanol–water partition coefficient (Wildman–Crippen LogP) is 1.51. The molecule has 0 saturated carbocycles. The zero-order valence-corrected chi connectivity index (χ0v) is 11.6. The molecule has 4 nitrogen and oxygen atoms in total. The van der Waals surface area contributed by atoms with Crippen molar-refractivity contribution in [2.45, 2.75) is 26.4 Å². The minimum atomic E-state index is -0.151. The van der Waals surface area contributed by atoms with E-state index in [1.807, 2.05) is 24.6 Å². The number of nitrogens with zero attached hydrogens (tertiary/aromatic N) is 2. The molecule has 0 atom stereocenters. The van der Waals surface area contributed by atoms with E-state index in [-0.39, 0.29) is 12.3 Å². The molecule has 2 rings (SSSR count). The molecule has 1 N–H and O–H groups in total. The maximum atomic E-state index is 12.1. The lowest BCUT2D eigenvalue weighted by atomic mass is 10.2. The number of aliphatic hydroxyl groups is 1. The molecule has 2 heterocycles. The Balaban J connectivity index is 2.22. The Bertz CT molecular complexity index is 655. The number of rotatable bonds is 4. The lowest BCUT2D eigenvalue weighted by molar-refractivity contribution is 0.350. The summed E-state index contributed by atoms with van der Waals surface area (Å²) in [4.78, 5) is 13.1. The van der Waals surface area contributed by atoms with Gasteiger partial charge in [0.15, 0.2) is 0 Å². The van der Waals surface area contributed by atoms with Gasteiger partial charge in [-0.2, -0.15) is 0 Å². The summed E-state index contributed by atoms with van der Waals surface area (Å²) in [5.74, 6) is 5.54. The highest BCUT2D eigenvalue weighted by Gasteiger charge is 2.07. The Morgan fingerprint density at radius 3 is 2.89 bits per heavy atom. The third kappa shape index (κ3) is 3.16. The van der Waals surface area contributed by atoms with Gasteiger partial charge in [0.1, 0.15) is 6.61 Å². The van der Waals surface area contributed by atoms with Crippen LogP contribution < -0.4 is 5.69 Å². The van der Waals surface area contributed by atoms with Gasteiger partial charge < -0.3 is 5.11 Å². The van der Waals surface area contributed by atoms with E-state index in [0.717, 1.165) is 23.4 Å². The van der Waals surface area contributed by atoms with Crippen LogP contribution in [0, 0.1) is 11.8 Å². The minimum absolute atomic E-state index is 0.0105. The van der Waals surface area contributed by atoms with Gasteiger partial charge in [0, 0.05) is 29.4 Å². The molecule has 0 radical (unpaired) electrons. The Morgan fingerprint density at radius 2 is 2.16 bits per heavy atom. The smallest absolute Gasteiger partial charge is 0.328 e. The predicted molar refractivity (Wildman–Crippen MR) is 76.4 cm³/mol.